The predicted molar refractivity (Wildman–Crippen MR) is 40.5 cm³/mol. The van der Waals surface area contributed by atoms with Gasteiger partial charge in [-0.25, -0.2) is 0 Å². The Hall–Kier alpha value is 1.11. The SMILES string of the molecule is C[C-](C)C.C[C-](C)C.[Cl-].[Cl-].[Cr+4]. The van der Waals surface area contributed by atoms with E-state index in [4.69, 9.17) is 0 Å². The maximum atomic E-state index is 2.08. The zero-order valence-corrected chi connectivity index (χ0v) is 11.0. The van der Waals surface area contributed by atoms with Crippen LogP contribution >= 0.6 is 0 Å². The van der Waals surface area contributed by atoms with Gasteiger partial charge in [0, 0.05) is 0 Å². The van der Waals surface area contributed by atoms with E-state index in [1.54, 1.807) is 0 Å². The Labute approximate surface area is 95.5 Å². The summed E-state index contributed by atoms with van der Waals surface area (Å²) >= 11 is 0. The third-order valence-corrected chi connectivity index (χ3v) is 0. The van der Waals surface area contributed by atoms with Crippen LogP contribution in [0.1, 0.15) is 41.5 Å². The smallest absolute Gasteiger partial charge is 1.00 e. The summed E-state index contributed by atoms with van der Waals surface area (Å²) < 4.78 is 0. The van der Waals surface area contributed by atoms with Crippen LogP contribution in [-0.4, -0.2) is 0 Å². The fourth-order valence-electron chi connectivity index (χ4n) is 0. The van der Waals surface area contributed by atoms with Crippen molar-refractivity contribution in [3.8, 4) is 0 Å². The summed E-state index contributed by atoms with van der Waals surface area (Å²) in [7, 11) is 0. The van der Waals surface area contributed by atoms with E-state index < -0.39 is 0 Å². The second-order valence-corrected chi connectivity index (χ2v) is 3.00. The van der Waals surface area contributed by atoms with Crippen LogP contribution < -0.4 is 24.8 Å². The quantitative estimate of drug-likeness (QED) is 0.401. The minimum atomic E-state index is 0. The molecule has 0 radical (unpaired) electrons. The van der Waals surface area contributed by atoms with Gasteiger partial charge in [-0.2, -0.15) is 41.5 Å². The molecule has 0 fully saturated rings. The van der Waals surface area contributed by atoms with Crippen molar-refractivity contribution in [1.29, 1.82) is 0 Å². The first-order valence-corrected chi connectivity index (χ1v) is 3.00. The minimum Gasteiger partial charge on any atom is -1.00 e. The first-order chi connectivity index (χ1) is 3.46. The third kappa shape index (κ3) is 746. The Bertz CT molecular complexity index is 27.6. The molecule has 0 saturated carbocycles. The summed E-state index contributed by atoms with van der Waals surface area (Å²) in [6.07, 6.45) is 0. The van der Waals surface area contributed by atoms with Gasteiger partial charge in [0.05, 0.1) is 0 Å². The van der Waals surface area contributed by atoms with Crippen LogP contribution in [0.4, 0.5) is 0 Å². The fraction of sp³-hybridized carbons (Fsp3) is 0.750. The van der Waals surface area contributed by atoms with Gasteiger partial charge in [-0.05, 0) is 0 Å². The Morgan fingerprint density at radius 1 is 0.545 bits per heavy atom. The van der Waals surface area contributed by atoms with Gasteiger partial charge in [0.25, 0.3) is 0 Å². The maximum absolute atomic E-state index is 2.08. The number of hydrogen-bond donors (Lipinski definition) is 0. The zero-order chi connectivity index (χ0) is 7.15. The van der Waals surface area contributed by atoms with Crippen molar-refractivity contribution in [2.45, 2.75) is 41.5 Å². The molecular weight excluding hydrogens is 219 g/mol. The van der Waals surface area contributed by atoms with Crippen molar-refractivity contribution < 1.29 is 42.2 Å². The van der Waals surface area contributed by atoms with Gasteiger partial charge in [-0.3, -0.25) is 0 Å². The largest absolute Gasteiger partial charge is 4.00 e. The average Bonchev–Trinajstić information content (AvgIpc) is 1.25. The van der Waals surface area contributed by atoms with Crippen molar-refractivity contribution in [2.75, 3.05) is 0 Å². The molecule has 0 saturated heterocycles. The molecule has 0 aromatic rings. The van der Waals surface area contributed by atoms with Crippen molar-refractivity contribution >= 4 is 0 Å². The van der Waals surface area contributed by atoms with Gasteiger partial charge >= 0.3 is 17.4 Å². The van der Waals surface area contributed by atoms with Gasteiger partial charge in [0.15, 0.2) is 0 Å². The monoisotopic (exact) mass is 236 g/mol. The van der Waals surface area contributed by atoms with E-state index >= 15 is 0 Å². The van der Waals surface area contributed by atoms with Crippen LogP contribution in [0.25, 0.3) is 0 Å². The molecule has 11 heavy (non-hydrogen) atoms. The van der Waals surface area contributed by atoms with Crippen LogP contribution in [0, 0.1) is 11.8 Å². The molecule has 0 heterocycles. The molecule has 0 atom stereocenters. The summed E-state index contributed by atoms with van der Waals surface area (Å²) in [5.41, 5.74) is 0. The van der Waals surface area contributed by atoms with Crippen LogP contribution in [0.2, 0.25) is 0 Å². The Balaban J connectivity index is -0.0000000171. The molecule has 3 heteroatoms. The molecule has 0 amide bonds. The molecule has 0 aliphatic carbocycles. The van der Waals surface area contributed by atoms with E-state index in [9.17, 15) is 0 Å². The number of rotatable bonds is 0. The van der Waals surface area contributed by atoms with Crippen LogP contribution in [0.5, 0.6) is 0 Å². The minimum absolute atomic E-state index is 0. The second kappa shape index (κ2) is 22.5. The average molecular weight is 237 g/mol. The first-order valence-electron chi connectivity index (χ1n) is 3.00. The molecule has 0 unspecified atom stereocenters. The van der Waals surface area contributed by atoms with E-state index in [-0.39, 0.29) is 42.2 Å². The van der Waals surface area contributed by atoms with E-state index in [0.29, 0.717) is 0 Å². The van der Waals surface area contributed by atoms with E-state index in [1.807, 2.05) is 0 Å². The standard InChI is InChI=1S/2C4H9.2ClH.Cr/c2*1-4(2)3;;;/h2*1-3H3;2*1H;/q2*-1;;;+4/p-2. The predicted octanol–water partition coefficient (Wildman–Crippen LogP) is -2.75. The van der Waals surface area contributed by atoms with E-state index in [0.717, 1.165) is 0 Å². The Kier molecular flexibility index (Phi) is 60.4. The van der Waals surface area contributed by atoms with E-state index in [2.05, 4.69) is 41.5 Å². The third-order valence-electron chi connectivity index (χ3n) is 0. The van der Waals surface area contributed by atoms with Crippen molar-refractivity contribution in [3.63, 3.8) is 0 Å². The molecule has 0 aromatic carbocycles. The summed E-state index contributed by atoms with van der Waals surface area (Å²) in [4.78, 5) is 0. The van der Waals surface area contributed by atoms with Gasteiger partial charge < -0.3 is 36.6 Å². The van der Waals surface area contributed by atoms with Crippen molar-refractivity contribution in [2.24, 2.45) is 0 Å². The topological polar surface area (TPSA) is 0 Å². The Morgan fingerprint density at radius 3 is 0.545 bits per heavy atom. The molecule has 0 aliphatic heterocycles. The van der Waals surface area contributed by atoms with Gasteiger partial charge in [-0.1, -0.05) is 0 Å². The van der Waals surface area contributed by atoms with Crippen molar-refractivity contribution in [1.82, 2.24) is 0 Å². The van der Waals surface area contributed by atoms with Crippen LogP contribution in [-0.2, 0) is 17.4 Å². The molecule has 0 aliphatic rings. The fourth-order valence-corrected chi connectivity index (χ4v) is 0. The zero-order valence-electron chi connectivity index (χ0n) is 8.16. The number of hydrogen-bond acceptors (Lipinski definition) is 0. The molecular formula is C8H18Cl2Cr. The summed E-state index contributed by atoms with van der Waals surface area (Å²) in [6.45, 7) is 12.5. The van der Waals surface area contributed by atoms with Crippen LogP contribution in [0.15, 0.2) is 0 Å². The van der Waals surface area contributed by atoms with Gasteiger partial charge in [0.1, 0.15) is 0 Å². The second-order valence-electron chi connectivity index (χ2n) is 3.00. The van der Waals surface area contributed by atoms with Crippen LogP contribution in [0.3, 0.4) is 0 Å². The maximum Gasteiger partial charge on any atom is 4.00 e. The molecule has 0 spiro atoms. The van der Waals surface area contributed by atoms with Gasteiger partial charge in [-0.15, -0.1) is 0 Å². The first kappa shape index (κ1) is 29.6. The van der Waals surface area contributed by atoms with Gasteiger partial charge in [0.2, 0.25) is 0 Å². The molecule has 0 aromatic heterocycles. The molecule has 70 valence electrons. The summed E-state index contributed by atoms with van der Waals surface area (Å²) in [5, 5.41) is 0. The molecule has 0 N–H and O–H groups in total. The summed E-state index contributed by atoms with van der Waals surface area (Å²) in [6, 6.07) is 0. The Morgan fingerprint density at radius 2 is 0.545 bits per heavy atom. The number of halogens is 2. The van der Waals surface area contributed by atoms with E-state index in [1.165, 1.54) is 11.8 Å². The molecule has 0 bridgehead atoms. The molecule has 0 rings (SSSR count). The summed E-state index contributed by atoms with van der Waals surface area (Å²) in [5.74, 6) is 2.83. The normalized spacial score (nSPS) is 6.55. The molecule has 0 nitrogen and oxygen atoms in total. The van der Waals surface area contributed by atoms with Crippen molar-refractivity contribution in [3.05, 3.63) is 11.8 Å².